The molecule has 0 aromatic heterocycles. The van der Waals surface area contributed by atoms with Gasteiger partial charge in [0, 0.05) is 24.3 Å². The first-order valence-corrected chi connectivity index (χ1v) is 13.3. The molecule has 1 aliphatic rings. The summed E-state index contributed by atoms with van der Waals surface area (Å²) in [6.45, 7) is 8.90. The van der Waals surface area contributed by atoms with Crippen molar-refractivity contribution < 1.29 is 22.7 Å². The summed E-state index contributed by atoms with van der Waals surface area (Å²) in [4.78, 5) is 13.5. The number of sulfonamides is 1. The summed E-state index contributed by atoms with van der Waals surface area (Å²) >= 11 is 0. The van der Waals surface area contributed by atoms with Crippen LogP contribution < -0.4 is 20.1 Å². The van der Waals surface area contributed by atoms with Crippen LogP contribution >= 0.6 is 0 Å². The third-order valence-corrected chi connectivity index (χ3v) is 7.80. The minimum absolute atomic E-state index is 0.219. The van der Waals surface area contributed by atoms with Crippen LogP contribution in [0.1, 0.15) is 52.1 Å². The lowest BCUT2D eigenvalue weighted by atomic mass is 10.0. The van der Waals surface area contributed by atoms with Crippen molar-refractivity contribution in [1.82, 2.24) is 9.62 Å². The van der Waals surface area contributed by atoms with Gasteiger partial charge in [0.25, 0.3) is 0 Å². The molecule has 1 heterocycles. The molecule has 0 spiro atoms. The fourth-order valence-corrected chi connectivity index (χ4v) is 5.78. The van der Waals surface area contributed by atoms with E-state index in [9.17, 15) is 13.2 Å². The van der Waals surface area contributed by atoms with E-state index in [1.54, 1.807) is 61.0 Å². The zero-order chi connectivity index (χ0) is 25.8. The number of methoxy groups -OCH3 is 2. The quantitative estimate of drug-likeness (QED) is 0.561. The first-order chi connectivity index (χ1) is 16.4. The van der Waals surface area contributed by atoms with Crippen LogP contribution in [0.25, 0.3) is 0 Å². The van der Waals surface area contributed by atoms with Crippen LogP contribution in [-0.2, 0) is 14.8 Å². The number of hydrogen-bond donors (Lipinski definition) is 2. The predicted octanol–water partition coefficient (Wildman–Crippen LogP) is 4.19. The third-order valence-electron chi connectivity index (χ3n) is 5.92. The molecule has 0 saturated carbocycles. The van der Waals surface area contributed by atoms with E-state index in [4.69, 9.17) is 9.47 Å². The largest absolute Gasteiger partial charge is 0.493 e. The Morgan fingerprint density at radius 1 is 1.06 bits per heavy atom. The van der Waals surface area contributed by atoms with E-state index >= 15 is 0 Å². The normalized spacial score (nSPS) is 17.9. The lowest BCUT2D eigenvalue weighted by Crippen LogP contribution is -2.44. The van der Waals surface area contributed by atoms with Gasteiger partial charge < -0.3 is 20.1 Å². The van der Waals surface area contributed by atoms with E-state index in [-0.39, 0.29) is 10.8 Å². The molecule has 35 heavy (non-hydrogen) atoms. The van der Waals surface area contributed by atoms with Gasteiger partial charge in [0.15, 0.2) is 11.5 Å². The van der Waals surface area contributed by atoms with Gasteiger partial charge in [-0.2, -0.15) is 4.31 Å². The van der Waals surface area contributed by atoms with Crippen LogP contribution in [0.5, 0.6) is 11.5 Å². The van der Waals surface area contributed by atoms with Gasteiger partial charge in [-0.25, -0.2) is 8.42 Å². The number of nitrogens with zero attached hydrogens (tertiary/aromatic N) is 1. The second kappa shape index (κ2) is 10.9. The third kappa shape index (κ3) is 6.67. The van der Waals surface area contributed by atoms with Crippen molar-refractivity contribution in [1.29, 1.82) is 0 Å². The van der Waals surface area contributed by atoms with E-state index in [0.717, 1.165) is 12.8 Å². The van der Waals surface area contributed by atoms with Crippen molar-refractivity contribution in [2.24, 2.45) is 5.92 Å². The summed E-state index contributed by atoms with van der Waals surface area (Å²) in [6.07, 6.45) is 1.92. The van der Waals surface area contributed by atoms with Gasteiger partial charge >= 0.3 is 0 Å². The molecule has 1 aliphatic heterocycles. The number of nitrogens with one attached hydrogen (secondary N) is 2. The first kappa shape index (κ1) is 26.8. The van der Waals surface area contributed by atoms with Crippen LogP contribution in [0.3, 0.4) is 0 Å². The van der Waals surface area contributed by atoms with Crippen molar-refractivity contribution in [3.05, 3.63) is 48.0 Å². The van der Waals surface area contributed by atoms with Crippen LogP contribution in [0.2, 0.25) is 0 Å². The Balaban J connectivity index is 1.88. The Kier molecular flexibility index (Phi) is 8.33. The molecule has 1 saturated heterocycles. The molecule has 0 radical (unpaired) electrons. The Morgan fingerprint density at radius 2 is 1.71 bits per heavy atom. The minimum atomic E-state index is -3.55. The van der Waals surface area contributed by atoms with E-state index in [1.807, 2.05) is 20.8 Å². The summed E-state index contributed by atoms with van der Waals surface area (Å²) in [6, 6.07) is 11.1. The molecular formula is C26H37N3O5S. The second-order valence-electron chi connectivity index (χ2n) is 10.1. The Bertz CT molecular complexity index is 1130. The molecular weight excluding hydrogens is 466 g/mol. The molecule has 0 unspecified atom stereocenters. The van der Waals surface area contributed by atoms with Gasteiger partial charge in [0.05, 0.1) is 19.1 Å². The highest BCUT2D eigenvalue weighted by molar-refractivity contribution is 7.89. The van der Waals surface area contributed by atoms with Crippen molar-refractivity contribution in [2.75, 3.05) is 32.6 Å². The summed E-state index contributed by atoms with van der Waals surface area (Å²) in [5.74, 6) is 1.21. The molecule has 2 aromatic rings. The average Bonchev–Trinajstić information content (AvgIpc) is 2.81. The average molecular weight is 504 g/mol. The summed E-state index contributed by atoms with van der Waals surface area (Å²) in [5.41, 5.74) is 0.875. The number of ether oxygens (including phenoxy) is 2. The van der Waals surface area contributed by atoms with Crippen LogP contribution in [-0.4, -0.2) is 51.5 Å². The van der Waals surface area contributed by atoms with E-state index in [0.29, 0.717) is 41.8 Å². The van der Waals surface area contributed by atoms with Crippen molar-refractivity contribution in [2.45, 2.75) is 57.0 Å². The van der Waals surface area contributed by atoms with Gasteiger partial charge in [-0.05, 0) is 81.5 Å². The SMILES string of the molecule is COc1ccc([C@@H](Nc2ccc(S(=O)(=O)N3CCC[C@@H](C)C3)cc2)C(=O)NC(C)(C)C)cc1OC. The molecule has 0 aliphatic carbocycles. The summed E-state index contributed by atoms with van der Waals surface area (Å²) < 4.78 is 38.5. The summed E-state index contributed by atoms with van der Waals surface area (Å²) in [7, 11) is -0.455. The molecule has 192 valence electrons. The van der Waals surface area contributed by atoms with Crippen molar-refractivity contribution >= 4 is 21.6 Å². The zero-order valence-corrected chi connectivity index (χ0v) is 22.2. The van der Waals surface area contributed by atoms with E-state index in [2.05, 4.69) is 17.6 Å². The number of benzene rings is 2. The standard InChI is InChI=1S/C26H37N3O5S/c1-18-8-7-15-29(17-18)35(31,32)21-12-10-20(11-13-21)27-24(25(30)28-26(2,3)4)19-9-14-22(33-5)23(16-19)34-6/h9-14,16,18,24,27H,7-8,15,17H2,1-6H3,(H,28,30)/t18-,24-/m1/s1. The van der Waals surface area contributed by atoms with Gasteiger partial charge in [-0.1, -0.05) is 13.0 Å². The molecule has 2 aromatic carbocycles. The number of carbonyl (C=O) groups is 1. The second-order valence-corrected chi connectivity index (χ2v) is 12.0. The van der Waals surface area contributed by atoms with Gasteiger partial charge in [0.1, 0.15) is 6.04 Å². The molecule has 9 heteroatoms. The minimum Gasteiger partial charge on any atom is -0.493 e. The number of anilines is 1. The Labute approximate surface area is 209 Å². The number of carbonyl (C=O) groups excluding carboxylic acids is 1. The number of hydrogen-bond acceptors (Lipinski definition) is 6. The molecule has 1 fully saturated rings. The maximum Gasteiger partial charge on any atom is 0.247 e. The topological polar surface area (TPSA) is 97.0 Å². The zero-order valence-electron chi connectivity index (χ0n) is 21.4. The maximum absolute atomic E-state index is 13.2. The fraction of sp³-hybridized carbons (Fsp3) is 0.500. The molecule has 2 N–H and O–H groups in total. The Hall–Kier alpha value is -2.78. The smallest absolute Gasteiger partial charge is 0.247 e. The monoisotopic (exact) mass is 503 g/mol. The van der Waals surface area contributed by atoms with Crippen LogP contribution in [0.4, 0.5) is 5.69 Å². The van der Waals surface area contributed by atoms with Gasteiger partial charge in [-0.3, -0.25) is 4.79 Å². The van der Waals surface area contributed by atoms with Crippen molar-refractivity contribution in [3.63, 3.8) is 0 Å². The lowest BCUT2D eigenvalue weighted by Gasteiger charge is -2.30. The van der Waals surface area contributed by atoms with Gasteiger partial charge in [-0.15, -0.1) is 0 Å². The number of rotatable bonds is 8. The first-order valence-electron chi connectivity index (χ1n) is 11.9. The maximum atomic E-state index is 13.2. The number of amides is 1. The molecule has 2 atom stereocenters. The highest BCUT2D eigenvalue weighted by atomic mass is 32.2. The number of piperidine rings is 1. The molecule has 0 bridgehead atoms. The molecule has 3 rings (SSSR count). The highest BCUT2D eigenvalue weighted by Gasteiger charge is 2.29. The lowest BCUT2D eigenvalue weighted by molar-refractivity contribution is -0.123. The van der Waals surface area contributed by atoms with Crippen LogP contribution in [0, 0.1) is 5.92 Å². The van der Waals surface area contributed by atoms with E-state index in [1.165, 1.54) is 0 Å². The van der Waals surface area contributed by atoms with Gasteiger partial charge in [0.2, 0.25) is 15.9 Å². The highest BCUT2D eigenvalue weighted by Crippen LogP contribution is 2.32. The summed E-state index contributed by atoms with van der Waals surface area (Å²) in [5, 5.41) is 6.27. The Morgan fingerprint density at radius 3 is 2.29 bits per heavy atom. The van der Waals surface area contributed by atoms with Crippen LogP contribution in [0.15, 0.2) is 47.4 Å². The molecule has 1 amide bonds. The molecule has 8 nitrogen and oxygen atoms in total. The van der Waals surface area contributed by atoms with Crippen molar-refractivity contribution in [3.8, 4) is 11.5 Å². The predicted molar refractivity (Wildman–Crippen MR) is 137 cm³/mol. The van der Waals surface area contributed by atoms with E-state index < -0.39 is 21.6 Å². The fourth-order valence-electron chi connectivity index (χ4n) is 4.18.